The predicted molar refractivity (Wildman–Crippen MR) is 128 cm³/mol. The minimum atomic E-state index is -4.71. The molecule has 2 atom stereocenters. The lowest BCUT2D eigenvalue weighted by Gasteiger charge is -2.36. The zero-order valence-corrected chi connectivity index (χ0v) is 22.8. The molecule has 1 aromatic rings. The molecule has 0 spiro atoms. The number of esters is 1. The number of alkyl halides is 3. The summed E-state index contributed by atoms with van der Waals surface area (Å²) in [7, 11) is -0.653. The van der Waals surface area contributed by atoms with Crippen molar-refractivity contribution in [3.63, 3.8) is 0 Å². The van der Waals surface area contributed by atoms with E-state index in [1.165, 1.54) is 14.0 Å². The number of carbonyl (C=O) groups excluding carboxylic acids is 1. The molecule has 9 heteroatoms. The van der Waals surface area contributed by atoms with Gasteiger partial charge in [-0.05, 0) is 44.5 Å². The molecule has 0 amide bonds. The third-order valence-corrected chi connectivity index (χ3v) is 11.7. The van der Waals surface area contributed by atoms with Crippen LogP contribution in [0.1, 0.15) is 58.2 Å². The molecule has 1 aliphatic heterocycles. The predicted octanol–water partition coefficient (Wildman–Crippen LogP) is 6.79. The summed E-state index contributed by atoms with van der Waals surface area (Å²) in [5.74, 6) is -2.18. The quantitative estimate of drug-likeness (QED) is 0.304. The van der Waals surface area contributed by atoms with Crippen molar-refractivity contribution in [2.45, 2.75) is 85.0 Å². The Hall–Kier alpha value is -2.00. The van der Waals surface area contributed by atoms with Gasteiger partial charge in [0.15, 0.2) is 8.32 Å². The van der Waals surface area contributed by atoms with Gasteiger partial charge < -0.3 is 18.6 Å². The van der Waals surface area contributed by atoms with Crippen LogP contribution >= 0.6 is 0 Å². The number of rotatable bonds is 7. The van der Waals surface area contributed by atoms with Gasteiger partial charge in [-0.1, -0.05) is 39.8 Å². The highest BCUT2D eigenvalue weighted by molar-refractivity contribution is 6.74. The van der Waals surface area contributed by atoms with E-state index >= 15 is 0 Å². The molecule has 1 aromatic carbocycles. The molecule has 0 saturated heterocycles. The summed E-state index contributed by atoms with van der Waals surface area (Å²) in [6.07, 6.45) is -4.71. The number of ether oxygens (including phenoxy) is 3. The summed E-state index contributed by atoms with van der Waals surface area (Å²) in [5.41, 5.74) is -0.497. The third kappa shape index (κ3) is 5.00. The third-order valence-electron chi connectivity index (χ3n) is 7.21. The van der Waals surface area contributed by atoms with Crippen LogP contribution in [0.15, 0.2) is 17.9 Å². The molecule has 0 saturated carbocycles. The Morgan fingerprint density at radius 3 is 2.26 bits per heavy atom. The van der Waals surface area contributed by atoms with Crippen LogP contribution in [0.5, 0.6) is 5.75 Å². The van der Waals surface area contributed by atoms with E-state index in [2.05, 4.69) is 33.9 Å². The first-order valence-corrected chi connectivity index (χ1v) is 14.3. The molecule has 0 fully saturated rings. The number of aryl methyl sites for hydroxylation is 1. The van der Waals surface area contributed by atoms with E-state index in [1.807, 2.05) is 6.92 Å². The first-order valence-electron chi connectivity index (χ1n) is 11.4. The van der Waals surface area contributed by atoms with Gasteiger partial charge in [0.2, 0.25) is 11.4 Å². The average Bonchev–Trinajstić information content (AvgIpc) is 2.98. The van der Waals surface area contributed by atoms with Crippen LogP contribution in [-0.2, 0) is 25.3 Å². The molecule has 1 aliphatic rings. The molecular weight excluding hydrogens is 465 g/mol. The Kier molecular flexibility index (Phi) is 7.94. The molecule has 0 N–H and O–H groups in total. The summed E-state index contributed by atoms with van der Waals surface area (Å²) >= 11 is 0. The van der Waals surface area contributed by atoms with E-state index in [0.29, 0.717) is 11.3 Å². The molecule has 0 bridgehead atoms. The van der Waals surface area contributed by atoms with Crippen LogP contribution in [0.4, 0.5) is 13.2 Å². The fourth-order valence-electron chi connectivity index (χ4n) is 3.65. The standard InChI is InChI=1S/C25H37F3O5Si/c1-11-31-22(29)21-19(16(3)24(7,33-21)25(26,27)28)17-13-12-15(2)18(20(17)30-8)14-32-34(9,10)23(4,5)6/h12-13,16H,11,14H2,1-10H3/t16-,24+/m0/s1. The lowest BCUT2D eigenvalue weighted by molar-refractivity contribution is -0.262. The molecule has 0 aliphatic carbocycles. The first kappa shape index (κ1) is 28.2. The van der Waals surface area contributed by atoms with E-state index in [1.54, 1.807) is 19.1 Å². The second kappa shape index (κ2) is 9.57. The van der Waals surface area contributed by atoms with Crippen LogP contribution in [0.25, 0.3) is 5.57 Å². The highest BCUT2D eigenvalue weighted by atomic mass is 28.4. The lowest BCUT2D eigenvalue weighted by Crippen LogP contribution is -2.47. The van der Waals surface area contributed by atoms with Gasteiger partial charge in [-0.15, -0.1) is 0 Å². The van der Waals surface area contributed by atoms with Crippen molar-refractivity contribution in [1.29, 1.82) is 0 Å². The number of hydrogen-bond acceptors (Lipinski definition) is 5. The van der Waals surface area contributed by atoms with Crippen molar-refractivity contribution >= 4 is 19.9 Å². The molecule has 5 nitrogen and oxygen atoms in total. The van der Waals surface area contributed by atoms with E-state index in [9.17, 15) is 18.0 Å². The van der Waals surface area contributed by atoms with Gasteiger partial charge in [-0.2, -0.15) is 13.2 Å². The van der Waals surface area contributed by atoms with Crippen LogP contribution in [0.2, 0.25) is 18.1 Å². The fourth-order valence-corrected chi connectivity index (χ4v) is 4.59. The normalized spacial score (nSPS) is 21.5. The fraction of sp³-hybridized carbons (Fsp3) is 0.640. The van der Waals surface area contributed by atoms with E-state index < -0.39 is 37.7 Å². The van der Waals surface area contributed by atoms with E-state index in [-0.39, 0.29) is 23.8 Å². The van der Waals surface area contributed by atoms with Crippen molar-refractivity contribution in [3.8, 4) is 5.75 Å². The van der Waals surface area contributed by atoms with Crippen molar-refractivity contribution in [2.75, 3.05) is 13.7 Å². The smallest absolute Gasteiger partial charge is 0.428 e. The Morgan fingerprint density at radius 1 is 1.21 bits per heavy atom. The molecule has 0 radical (unpaired) electrons. The Labute approximate surface area is 201 Å². The Morgan fingerprint density at radius 2 is 1.79 bits per heavy atom. The van der Waals surface area contributed by atoms with Gasteiger partial charge in [0.1, 0.15) is 5.75 Å². The molecule has 0 aromatic heterocycles. The van der Waals surface area contributed by atoms with Gasteiger partial charge in [-0.25, -0.2) is 4.79 Å². The molecular formula is C25H37F3O5Si. The van der Waals surface area contributed by atoms with Crippen LogP contribution < -0.4 is 4.74 Å². The molecule has 1 heterocycles. The number of hydrogen-bond donors (Lipinski definition) is 0. The monoisotopic (exact) mass is 502 g/mol. The summed E-state index contributed by atoms with van der Waals surface area (Å²) in [6, 6.07) is 3.47. The Balaban J connectivity index is 2.68. The highest BCUT2D eigenvalue weighted by Gasteiger charge is 2.63. The van der Waals surface area contributed by atoms with Gasteiger partial charge >= 0.3 is 12.1 Å². The zero-order valence-electron chi connectivity index (χ0n) is 21.8. The largest absolute Gasteiger partial charge is 0.496 e. The second-order valence-corrected chi connectivity index (χ2v) is 15.2. The maximum atomic E-state index is 14.0. The highest BCUT2D eigenvalue weighted by Crippen LogP contribution is 2.54. The van der Waals surface area contributed by atoms with Gasteiger partial charge in [0.25, 0.3) is 0 Å². The lowest BCUT2D eigenvalue weighted by atomic mass is 9.81. The van der Waals surface area contributed by atoms with Gasteiger partial charge in [0, 0.05) is 22.6 Å². The molecule has 192 valence electrons. The summed E-state index contributed by atoms with van der Waals surface area (Å²) in [6.45, 7) is 16.7. The van der Waals surface area contributed by atoms with Gasteiger partial charge in [-0.3, -0.25) is 0 Å². The second-order valence-electron chi connectivity index (χ2n) is 10.4. The SMILES string of the molecule is CCOC(=O)C1=C(c2ccc(C)c(CO[Si](C)(C)C(C)(C)C)c2OC)[C@H](C)[C@](C)(C(F)(F)F)O1. The average molecular weight is 503 g/mol. The molecule has 34 heavy (non-hydrogen) atoms. The van der Waals surface area contributed by atoms with Crippen molar-refractivity contribution < 1.29 is 36.6 Å². The number of methoxy groups -OCH3 is 1. The van der Waals surface area contributed by atoms with Crippen molar-refractivity contribution in [3.05, 3.63) is 34.6 Å². The van der Waals surface area contributed by atoms with Crippen LogP contribution in [0, 0.1) is 12.8 Å². The summed E-state index contributed by atoms with van der Waals surface area (Å²) in [4.78, 5) is 12.7. The number of carbonyl (C=O) groups is 1. The van der Waals surface area contributed by atoms with E-state index in [4.69, 9.17) is 18.6 Å². The summed E-state index contributed by atoms with van der Waals surface area (Å²) in [5, 5.41) is -0.0202. The van der Waals surface area contributed by atoms with Gasteiger partial charge in [0.05, 0.1) is 20.3 Å². The van der Waals surface area contributed by atoms with Crippen molar-refractivity contribution in [1.82, 2.24) is 0 Å². The Bertz CT molecular complexity index is 963. The molecule has 2 rings (SSSR count). The number of benzene rings is 1. The minimum absolute atomic E-state index is 0.00667. The van der Waals surface area contributed by atoms with Crippen LogP contribution in [-0.4, -0.2) is 39.8 Å². The number of halogens is 3. The van der Waals surface area contributed by atoms with Crippen molar-refractivity contribution in [2.24, 2.45) is 5.92 Å². The zero-order chi connectivity index (χ0) is 26.3. The summed E-state index contributed by atoms with van der Waals surface area (Å²) < 4.78 is 64.6. The first-order chi connectivity index (χ1) is 15.4. The maximum Gasteiger partial charge on any atom is 0.428 e. The van der Waals surface area contributed by atoms with Crippen LogP contribution in [0.3, 0.4) is 0 Å². The topological polar surface area (TPSA) is 54.0 Å². The minimum Gasteiger partial charge on any atom is -0.496 e. The molecule has 0 unspecified atom stereocenters. The van der Waals surface area contributed by atoms with E-state index in [0.717, 1.165) is 18.1 Å². The maximum absolute atomic E-state index is 14.0.